The Labute approximate surface area is 94.8 Å². The number of carboxylic acid groups (broad SMARTS) is 1. The predicted octanol–water partition coefficient (Wildman–Crippen LogP) is 3.47. The van der Waals surface area contributed by atoms with Crippen LogP contribution in [0.5, 0.6) is 0 Å². The fourth-order valence-corrected chi connectivity index (χ4v) is 2.09. The lowest BCUT2D eigenvalue weighted by Crippen LogP contribution is -2.39. The third-order valence-electron chi connectivity index (χ3n) is 3.16. The lowest BCUT2D eigenvalue weighted by molar-refractivity contribution is -0.288. The van der Waals surface area contributed by atoms with Gasteiger partial charge < -0.3 is 5.11 Å². The highest BCUT2D eigenvalue weighted by Crippen LogP contribution is 2.43. The van der Waals surface area contributed by atoms with Crippen molar-refractivity contribution >= 4 is 5.97 Å². The summed E-state index contributed by atoms with van der Waals surface area (Å²) < 4.78 is 61.3. The molecule has 1 aliphatic rings. The Bertz CT molecular complexity index is 279. The van der Waals surface area contributed by atoms with Gasteiger partial charge in [0.2, 0.25) is 0 Å². The van der Waals surface area contributed by atoms with Crippen molar-refractivity contribution in [1.29, 1.82) is 0 Å². The maximum atomic E-state index is 12.7. The van der Waals surface area contributed by atoms with E-state index in [1.165, 1.54) is 0 Å². The smallest absolute Gasteiger partial charge is 0.453 e. The second-order valence-electron chi connectivity index (χ2n) is 4.46. The van der Waals surface area contributed by atoms with Crippen LogP contribution < -0.4 is 0 Å². The Hall–Kier alpha value is -0.880. The van der Waals surface area contributed by atoms with Crippen LogP contribution in [0, 0.1) is 11.8 Å². The molecule has 0 saturated heterocycles. The van der Waals surface area contributed by atoms with Gasteiger partial charge in [-0.2, -0.15) is 22.0 Å². The molecule has 1 rings (SSSR count). The van der Waals surface area contributed by atoms with Crippen molar-refractivity contribution in [3.05, 3.63) is 0 Å². The molecular weight excluding hydrogens is 247 g/mol. The first-order chi connectivity index (χ1) is 7.63. The van der Waals surface area contributed by atoms with Gasteiger partial charge in [0, 0.05) is 6.42 Å². The maximum Gasteiger partial charge on any atom is 0.453 e. The summed E-state index contributed by atoms with van der Waals surface area (Å²) in [4.78, 5) is 10.6. The van der Waals surface area contributed by atoms with Crippen molar-refractivity contribution in [2.45, 2.75) is 44.2 Å². The molecule has 1 N–H and O–H groups in total. The van der Waals surface area contributed by atoms with E-state index < -0.39 is 36.3 Å². The molecule has 0 radical (unpaired) electrons. The van der Waals surface area contributed by atoms with E-state index in [9.17, 15) is 26.7 Å². The average Bonchev–Trinajstić information content (AvgIpc) is 2.16. The zero-order valence-corrected chi connectivity index (χ0v) is 8.94. The van der Waals surface area contributed by atoms with E-state index in [1.54, 1.807) is 0 Å². The van der Waals surface area contributed by atoms with Crippen LogP contribution in [0.15, 0.2) is 0 Å². The fourth-order valence-electron chi connectivity index (χ4n) is 2.09. The Morgan fingerprint density at radius 2 is 1.53 bits per heavy atom. The van der Waals surface area contributed by atoms with Gasteiger partial charge in [-0.15, -0.1) is 0 Å². The van der Waals surface area contributed by atoms with Crippen LogP contribution in [0.2, 0.25) is 0 Å². The van der Waals surface area contributed by atoms with Gasteiger partial charge in [0.15, 0.2) is 0 Å². The highest BCUT2D eigenvalue weighted by atomic mass is 19.4. The summed E-state index contributed by atoms with van der Waals surface area (Å²) in [7, 11) is 0. The second kappa shape index (κ2) is 4.78. The van der Waals surface area contributed by atoms with Gasteiger partial charge in [-0.25, -0.2) is 0 Å². The van der Waals surface area contributed by atoms with Crippen molar-refractivity contribution in [2.75, 3.05) is 0 Å². The fraction of sp³-hybridized carbons (Fsp3) is 0.900. The molecule has 1 saturated carbocycles. The monoisotopic (exact) mass is 260 g/mol. The number of hydrogen-bond acceptors (Lipinski definition) is 1. The average molecular weight is 260 g/mol. The topological polar surface area (TPSA) is 37.3 Å². The number of carboxylic acids is 1. The first-order valence-electron chi connectivity index (χ1n) is 5.31. The first-order valence-corrected chi connectivity index (χ1v) is 5.31. The molecule has 0 heterocycles. The molecule has 0 bridgehead atoms. The number of carbonyl (C=O) groups is 1. The molecule has 0 atom stereocenters. The number of aliphatic carboxylic acids is 1. The summed E-state index contributed by atoms with van der Waals surface area (Å²) in [5.41, 5.74) is 0. The van der Waals surface area contributed by atoms with E-state index in [0.29, 0.717) is 0 Å². The lowest BCUT2D eigenvalue weighted by atomic mass is 9.79. The van der Waals surface area contributed by atoms with Crippen molar-refractivity contribution in [2.24, 2.45) is 11.8 Å². The third-order valence-corrected chi connectivity index (χ3v) is 3.16. The molecule has 0 aromatic rings. The zero-order chi connectivity index (χ0) is 13.3. The number of halogens is 5. The van der Waals surface area contributed by atoms with E-state index in [0.717, 1.165) is 0 Å². The van der Waals surface area contributed by atoms with Crippen molar-refractivity contribution in [3.8, 4) is 0 Å². The van der Waals surface area contributed by atoms with Crippen LogP contribution in [-0.4, -0.2) is 23.2 Å². The van der Waals surface area contributed by atoms with Gasteiger partial charge in [0.25, 0.3) is 0 Å². The first kappa shape index (κ1) is 14.2. The SMILES string of the molecule is O=C(O)[C@H]1CC[C@@H](CC(F)(F)C(F)(F)F)CC1. The second-order valence-corrected chi connectivity index (χ2v) is 4.46. The molecule has 0 amide bonds. The minimum atomic E-state index is -5.52. The van der Waals surface area contributed by atoms with Crippen LogP contribution in [-0.2, 0) is 4.79 Å². The Morgan fingerprint density at radius 1 is 1.06 bits per heavy atom. The lowest BCUT2D eigenvalue weighted by Gasteiger charge is -2.29. The van der Waals surface area contributed by atoms with Gasteiger partial charge in [0.1, 0.15) is 0 Å². The standard InChI is InChI=1S/C10H13F5O2/c11-9(12,10(13,14)15)5-6-1-3-7(4-2-6)8(16)17/h6-7H,1-5H2,(H,16,17)/t6-,7+. The van der Waals surface area contributed by atoms with Crippen LogP contribution in [0.3, 0.4) is 0 Å². The Morgan fingerprint density at radius 3 is 1.88 bits per heavy atom. The Kier molecular flexibility index (Phi) is 3.99. The minimum Gasteiger partial charge on any atom is -0.481 e. The van der Waals surface area contributed by atoms with Crippen LogP contribution in [0.25, 0.3) is 0 Å². The predicted molar refractivity (Wildman–Crippen MR) is 48.7 cm³/mol. The van der Waals surface area contributed by atoms with E-state index in [2.05, 4.69) is 0 Å². The van der Waals surface area contributed by atoms with Gasteiger partial charge in [-0.3, -0.25) is 4.79 Å². The molecule has 1 fully saturated rings. The molecule has 0 aromatic carbocycles. The minimum absolute atomic E-state index is 0.114. The molecule has 0 aliphatic heterocycles. The summed E-state index contributed by atoms with van der Waals surface area (Å²) in [6.07, 6.45) is -6.17. The maximum absolute atomic E-state index is 12.7. The number of hydrogen-bond donors (Lipinski definition) is 1. The van der Waals surface area contributed by atoms with Crippen molar-refractivity contribution in [3.63, 3.8) is 0 Å². The molecule has 7 heteroatoms. The van der Waals surface area contributed by atoms with E-state index in [1.807, 2.05) is 0 Å². The summed E-state index contributed by atoms with van der Waals surface area (Å²) in [6, 6.07) is 0. The van der Waals surface area contributed by atoms with Crippen LogP contribution >= 0.6 is 0 Å². The molecule has 0 unspecified atom stereocenters. The normalized spacial score (nSPS) is 26.9. The summed E-state index contributed by atoms with van der Waals surface area (Å²) in [5, 5.41) is 8.66. The molecule has 0 aromatic heterocycles. The van der Waals surface area contributed by atoms with Crippen LogP contribution in [0.1, 0.15) is 32.1 Å². The number of alkyl halides is 5. The molecule has 2 nitrogen and oxygen atoms in total. The van der Waals surface area contributed by atoms with Crippen molar-refractivity contribution in [1.82, 2.24) is 0 Å². The van der Waals surface area contributed by atoms with Gasteiger partial charge in [-0.05, 0) is 31.6 Å². The largest absolute Gasteiger partial charge is 0.481 e. The molecular formula is C10H13F5O2. The van der Waals surface area contributed by atoms with E-state index >= 15 is 0 Å². The zero-order valence-electron chi connectivity index (χ0n) is 8.94. The molecule has 17 heavy (non-hydrogen) atoms. The van der Waals surface area contributed by atoms with Gasteiger partial charge in [0.05, 0.1) is 5.92 Å². The van der Waals surface area contributed by atoms with Crippen molar-refractivity contribution < 1.29 is 31.9 Å². The highest BCUT2D eigenvalue weighted by Gasteiger charge is 2.57. The van der Waals surface area contributed by atoms with E-state index in [4.69, 9.17) is 5.11 Å². The molecule has 100 valence electrons. The molecule has 1 aliphatic carbocycles. The quantitative estimate of drug-likeness (QED) is 0.789. The number of rotatable bonds is 3. The van der Waals surface area contributed by atoms with E-state index in [-0.39, 0.29) is 25.7 Å². The highest BCUT2D eigenvalue weighted by molar-refractivity contribution is 5.69. The molecule has 0 spiro atoms. The van der Waals surface area contributed by atoms with Gasteiger partial charge >= 0.3 is 18.1 Å². The third kappa shape index (κ3) is 3.54. The Balaban J connectivity index is 2.48. The summed E-state index contributed by atoms with van der Waals surface area (Å²) in [5.74, 6) is -7.03. The summed E-state index contributed by atoms with van der Waals surface area (Å²) in [6.45, 7) is 0. The summed E-state index contributed by atoms with van der Waals surface area (Å²) >= 11 is 0. The van der Waals surface area contributed by atoms with Crippen LogP contribution in [0.4, 0.5) is 22.0 Å². The van der Waals surface area contributed by atoms with Gasteiger partial charge in [-0.1, -0.05) is 0 Å².